The van der Waals surface area contributed by atoms with Crippen LogP contribution in [0.25, 0.3) is 0 Å². The van der Waals surface area contributed by atoms with Gasteiger partial charge in [0.2, 0.25) is 0 Å². The van der Waals surface area contributed by atoms with Crippen molar-refractivity contribution >= 4 is 5.97 Å². The van der Waals surface area contributed by atoms with Crippen molar-refractivity contribution < 1.29 is 9.90 Å². The fourth-order valence-electron chi connectivity index (χ4n) is 3.87. The highest BCUT2D eigenvalue weighted by Gasteiger charge is 2.43. The van der Waals surface area contributed by atoms with Crippen molar-refractivity contribution in [1.29, 1.82) is 0 Å². The van der Waals surface area contributed by atoms with E-state index in [1.807, 2.05) is 0 Å². The van der Waals surface area contributed by atoms with Gasteiger partial charge in [0.05, 0.1) is 5.41 Å². The molecule has 0 aromatic carbocycles. The molecule has 0 spiro atoms. The van der Waals surface area contributed by atoms with Crippen molar-refractivity contribution in [3.8, 4) is 0 Å². The van der Waals surface area contributed by atoms with Crippen LogP contribution in [-0.2, 0) is 4.79 Å². The Hall–Kier alpha value is -0.530. The molecule has 2 unspecified atom stereocenters. The van der Waals surface area contributed by atoms with Crippen LogP contribution < -0.4 is 0 Å². The van der Waals surface area contributed by atoms with Gasteiger partial charge in [-0.3, -0.25) is 4.79 Å². The average Bonchev–Trinajstić information content (AvgIpc) is 2.84. The molecule has 1 fully saturated rings. The van der Waals surface area contributed by atoms with Crippen LogP contribution >= 0.6 is 0 Å². The molecule has 0 aromatic heterocycles. The second kappa shape index (κ2) is 10.2. The number of unbranched alkanes of at least 4 members (excludes halogenated alkanes) is 9. The first-order chi connectivity index (χ1) is 10.1. The Bertz CT molecular complexity index is 287. The summed E-state index contributed by atoms with van der Waals surface area (Å²) in [5, 5.41) is 9.53. The van der Waals surface area contributed by atoms with Crippen LogP contribution in [0, 0.1) is 11.3 Å². The van der Waals surface area contributed by atoms with E-state index >= 15 is 0 Å². The fraction of sp³-hybridized carbons (Fsp3) is 0.947. The molecule has 0 saturated heterocycles. The van der Waals surface area contributed by atoms with E-state index in [-0.39, 0.29) is 5.41 Å². The van der Waals surface area contributed by atoms with E-state index in [0.29, 0.717) is 5.92 Å². The zero-order chi connectivity index (χ0) is 15.6. The third-order valence-corrected chi connectivity index (χ3v) is 5.32. The van der Waals surface area contributed by atoms with Crippen LogP contribution in [0.15, 0.2) is 0 Å². The van der Waals surface area contributed by atoms with E-state index in [4.69, 9.17) is 0 Å². The molecule has 0 amide bonds. The van der Waals surface area contributed by atoms with Gasteiger partial charge >= 0.3 is 5.97 Å². The minimum Gasteiger partial charge on any atom is -0.481 e. The molecular weight excluding hydrogens is 260 g/mol. The minimum atomic E-state index is -0.539. The van der Waals surface area contributed by atoms with E-state index in [9.17, 15) is 9.90 Å². The lowest BCUT2D eigenvalue weighted by molar-refractivity contribution is -0.149. The summed E-state index contributed by atoms with van der Waals surface area (Å²) in [6, 6.07) is 0. The van der Waals surface area contributed by atoms with Crippen molar-refractivity contribution in [1.82, 2.24) is 0 Å². The molecule has 2 atom stereocenters. The second-order valence-corrected chi connectivity index (χ2v) is 7.37. The Morgan fingerprint density at radius 2 is 1.52 bits per heavy atom. The molecule has 1 saturated carbocycles. The highest BCUT2D eigenvalue weighted by molar-refractivity contribution is 5.75. The number of hydrogen-bond acceptors (Lipinski definition) is 1. The van der Waals surface area contributed by atoms with E-state index < -0.39 is 5.97 Å². The predicted molar refractivity (Wildman–Crippen MR) is 89.5 cm³/mol. The standard InChI is InChI=1S/C19H36O2/c1-3-4-5-6-7-8-9-10-11-12-14-19(18(20)21)15-13-17(2)16-19/h17H,3-16H2,1-2H3,(H,20,21). The number of carboxylic acids is 1. The maximum atomic E-state index is 11.6. The average molecular weight is 296 g/mol. The van der Waals surface area contributed by atoms with Gasteiger partial charge < -0.3 is 5.11 Å². The lowest BCUT2D eigenvalue weighted by Gasteiger charge is -2.24. The summed E-state index contributed by atoms with van der Waals surface area (Å²) < 4.78 is 0. The molecule has 1 aliphatic carbocycles. The number of aliphatic carboxylic acids is 1. The normalized spacial score (nSPS) is 25.3. The minimum absolute atomic E-state index is 0.375. The molecular formula is C19H36O2. The lowest BCUT2D eigenvalue weighted by Crippen LogP contribution is -2.28. The molecule has 2 nitrogen and oxygen atoms in total. The van der Waals surface area contributed by atoms with Gasteiger partial charge in [-0.05, 0) is 31.6 Å². The zero-order valence-corrected chi connectivity index (χ0v) is 14.3. The molecule has 0 aliphatic heterocycles. The van der Waals surface area contributed by atoms with Crippen LogP contribution in [0.2, 0.25) is 0 Å². The summed E-state index contributed by atoms with van der Waals surface area (Å²) in [7, 11) is 0. The van der Waals surface area contributed by atoms with Crippen LogP contribution in [-0.4, -0.2) is 11.1 Å². The quantitative estimate of drug-likeness (QED) is 0.436. The van der Waals surface area contributed by atoms with Crippen LogP contribution in [0.4, 0.5) is 0 Å². The van der Waals surface area contributed by atoms with Crippen LogP contribution in [0.3, 0.4) is 0 Å². The molecule has 0 aromatic rings. The van der Waals surface area contributed by atoms with Gasteiger partial charge in [0.1, 0.15) is 0 Å². The first-order valence-corrected chi connectivity index (χ1v) is 9.34. The maximum absolute atomic E-state index is 11.6. The topological polar surface area (TPSA) is 37.3 Å². The molecule has 1 N–H and O–H groups in total. The molecule has 124 valence electrons. The third-order valence-electron chi connectivity index (χ3n) is 5.32. The van der Waals surface area contributed by atoms with Crippen molar-refractivity contribution in [2.75, 3.05) is 0 Å². The van der Waals surface area contributed by atoms with Gasteiger partial charge in [0.15, 0.2) is 0 Å². The fourth-order valence-corrected chi connectivity index (χ4v) is 3.87. The van der Waals surface area contributed by atoms with Gasteiger partial charge in [0, 0.05) is 0 Å². The van der Waals surface area contributed by atoms with Crippen molar-refractivity contribution in [3.63, 3.8) is 0 Å². The van der Waals surface area contributed by atoms with Gasteiger partial charge in [-0.2, -0.15) is 0 Å². The van der Waals surface area contributed by atoms with E-state index in [1.54, 1.807) is 0 Å². The predicted octanol–water partition coefficient (Wildman–Crippen LogP) is 6.19. The second-order valence-electron chi connectivity index (χ2n) is 7.37. The summed E-state index contributed by atoms with van der Waals surface area (Å²) in [6.45, 7) is 4.46. The van der Waals surface area contributed by atoms with Gasteiger partial charge in [-0.1, -0.05) is 78.1 Å². The van der Waals surface area contributed by atoms with Crippen LogP contribution in [0.5, 0.6) is 0 Å². The highest BCUT2D eigenvalue weighted by Crippen LogP contribution is 2.45. The van der Waals surface area contributed by atoms with Crippen LogP contribution in [0.1, 0.15) is 104 Å². The molecule has 1 rings (SSSR count). The summed E-state index contributed by atoms with van der Waals surface area (Å²) in [5.74, 6) is 0.0620. The largest absolute Gasteiger partial charge is 0.481 e. The number of rotatable bonds is 12. The van der Waals surface area contributed by atoms with Crippen molar-refractivity contribution in [2.24, 2.45) is 11.3 Å². The Morgan fingerprint density at radius 1 is 1.00 bits per heavy atom. The molecule has 21 heavy (non-hydrogen) atoms. The summed E-state index contributed by atoms with van der Waals surface area (Å²) >= 11 is 0. The summed E-state index contributed by atoms with van der Waals surface area (Å²) in [5.41, 5.74) is -0.375. The maximum Gasteiger partial charge on any atom is 0.309 e. The number of hydrogen-bond donors (Lipinski definition) is 1. The van der Waals surface area contributed by atoms with E-state index in [0.717, 1.165) is 32.1 Å². The van der Waals surface area contributed by atoms with E-state index in [2.05, 4.69) is 13.8 Å². The zero-order valence-electron chi connectivity index (χ0n) is 14.3. The first-order valence-electron chi connectivity index (χ1n) is 9.34. The van der Waals surface area contributed by atoms with Gasteiger partial charge in [-0.25, -0.2) is 0 Å². The van der Waals surface area contributed by atoms with Crippen molar-refractivity contribution in [2.45, 2.75) is 104 Å². The van der Waals surface area contributed by atoms with Gasteiger partial charge in [0.25, 0.3) is 0 Å². The first kappa shape index (κ1) is 18.5. The molecule has 0 radical (unpaired) electrons. The summed E-state index contributed by atoms with van der Waals surface area (Å²) in [6.07, 6.45) is 17.0. The van der Waals surface area contributed by atoms with Gasteiger partial charge in [-0.15, -0.1) is 0 Å². The Balaban J connectivity index is 2.01. The Morgan fingerprint density at radius 3 is 1.95 bits per heavy atom. The number of carbonyl (C=O) groups is 1. The molecule has 0 heterocycles. The summed E-state index contributed by atoms with van der Waals surface area (Å²) in [4.78, 5) is 11.6. The SMILES string of the molecule is CCCCCCCCCCCCC1(C(=O)O)CCC(C)C1. The smallest absolute Gasteiger partial charge is 0.309 e. The molecule has 0 bridgehead atoms. The highest BCUT2D eigenvalue weighted by atomic mass is 16.4. The molecule has 2 heteroatoms. The number of carboxylic acid groups (broad SMARTS) is 1. The Labute approximate surface area is 131 Å². The monoisotopic (exact) mass is 296 g/mol. The van der Waals surface area contributed by atoms with Crippen molar-refractivity contribution in [3.05, 3.63) is 0 Å². The molecule has 1 aliphatic rings. The lowest BCUT2D eigenvalue weighted by atomic mass is 9.80. The van der Waals surface area contributed by atoms with E-state index in [1.165, 1.54) is 57.8 Å². The third kappa shape index (κ3) is 6.84. The Kier molecular flexibility index (Phi) is 9.03.